The molecule has 0 radical (unpaired) electrons. The van der Waals surface area contributed by atoms with E-state index in [2.05, 4.69) is 47.0 Å². The van der Waals surface area contributed by atoms with Crippen LogP contribution in [0.5, 0.6) is 0 Å². The Morgan fingerprint density at radius 2 is 1.88 bits per heavy atom. The maximum atomic E-state index is 12.4. The first-order chi connectivity index (χ1) is 23.2. The summed E-state index contributed by atoms with van der Waals surface area (Å²) in [6.45, 7) is 6.23. The third kappa shape index (κ3) is 7.80. The molecule has 11 heteroatoms. The first kappa shape index (κ1) is 33.0. The number of anilines is 3. The molecular formula is C37H45N9O2. The fourth-order valence-electron chi connectivity index (χ4n) is 6.18. The Labute approximate surface area is 281 Å². The quantitative estimate of drug-likeness (QED) is 0.119. The predicted molar refractivity (Wildman–Crippen MR) is 192 cm³/mol. The van der Waals surface area contributed by atoms with Crippen LogP contribution in [0.25, 0.3) is 27.7 Å². The number of carbonyl (C=O) groups is 1. The number of aromatic nitrogens is 5. The number of likely N-dealkylation sites (N-methyl/N-ethyl adjacent to an activating group) is 1. The summed E-state index contributed by atoms with van der Waals surface area (Å²) in [6.07, 6.45) is 10.6. The van der Waals surface area contributed by atoms with Crippen LogP contribution in [0.3, 0.4) is 0 Å². The van der Waals surface area contributed by atoms with Crippen LogP contribution in [0.4, 0.5) is 17.6 Å². The number of hydrogen-bond acceptors (Lipinski definition) is 9. The summed E-state index contributed by atoms with van der Waals surface area (Å²) >= 11 is 0. The number of aliphatic hydroxyl groups excluding tert-OH is 1. The van der Waals surface area contributed by atoms with Crippen LogP contribution < -0.4 is 16.0 Å². The van der Waals surface area contributed by atoms with Gasteiger partial charge in [0.1, 0.15) is 0 Å². The van der Waals surface area contributed by atoms with Crippen molar-refractivity contribution in [2.45, 2.75) is 58.1 Å². The smallest absolute Gasteiger partial charge is 0.248 e. The van der Waals surface area contributed by atoms with Crippen molar-refractivity contribution >= 4 is 39.9 Å². The van der Waals surface area contributed by atoms with Gasteiger partial charge in [0.2, 0.25) is 17.8 Å². The molecular weight excluding hydrogens is 602 g/mol. The first-order valence-corrected chi connectivity index (χ1v) is 16.8. The van der Waals surface area contributed by atoms with E-state index in [1.165, 1.54) is 0 Å². The van der Waals surface area contributed by atoms with Crippen molar-refractivity contribution in [3.05, 3.63) is 84.2 Å². The molecule has 1 fully saturated rings. The predicted octanol–water partition coefficient (Wildman–Crippen LogP) is 6.09. The first-order valence-electron chi connectivity index (χ1n) is 16.8. The Morgan fingerprint density at radius 1 is 1.06 bits per heavy atom. The molecule has 3 aromatic heterocycles. The Balaban J connectivity index is 1.24. The minimum atomic E-state index is -0.178. The Morgan fingerprint density at radius 3 is 2.67 bits per heavy atom. The van der Waals surface area contributed by atoms with Crippen LogP contribution >= 0.6 is 0 Å². The van der Waals surface area contributed by atoms with E-state index in [9.17, 15) is 9.90 Å². The van der Waals surface area contributed by atoms with E-state index in [1.807, 2.05) is 67.7 Å². The molecule has 3 heterocycles. The Hall–Kier alpha value is -4.87. The summed E-state index contributed by atoms with van der Waals surface area (Å²) in [7, 11) is 3.92. The zero-order chi connectivity index (χ0) is 33.6. The van der Waals surface area contributed by atoms with Gasteiger partial charge in [0.05, 0.1) is 18.0 Å². The lowest BCUT2D eigenvalue weighted by Crippen LogP contribution is -2.24. The number of aliphatic hydroxyl groups is 1. The largest absolute Gasteiger partial charge is 0.393 e. The molecule has 1 aliphatic carbocycles. The number of nitrogens with zero attached hydrogens (tertiary/aromatic N) is 6. The minimum absolute atomic E-state index is 0.161. The molecule has 0 unspecified atom stereocenters. The molecule has 2 aromatic carbocycles. The molecule has 5 aromatic rings. The lowest BCUT2D eigenvalue weighted by Gasteiger charge is -2.25. The maximum absolute atomic E-state index is 12.4. The van der Waals surface area contributed by atoms with Crippen LogP contribution in [0.1, 0.15) is 56.6 Å². The van der Waals surface area contributed by atoms with Gasteiger partial charge < -0.3 is 26.0 Å². The normalized spacial score (nSPS) is 16.7. The van der Waals surface area contributed by atoms with E-state index in [4.69, 9.17) is 15.0 Å². The molecule has 4 N–H and O–H groups in total. The molecule has 1 amide bonds. The van der Waals surface area contributed by atoms with Gasteiger partial charge in [0.25, 0.3) is 0 Å². The molecule has 0 atom stereocenters. The van der Waals surface area contributed by atoms with Crippen molar-refractivity contribution in [2.75, 3.05) is 43.1 Å². The van der Waals surface area contributed by atoms with Crippen LogP contribution in [-0.4, -0.2) is 73.8 Å². The average Bonchev–Trinajstić information content (AvgIpc) is 3.51. The van der Waals surface area contributed by atoms with Gasteiger partial charge in [-0.3, -0.25) is 9.78 Å². The molecule has 0 spiro atoms. The van der Waals surface area contributed by atoms with Crippen molar-refractivity contribution in [1.82, 2.24) is 29.5 Å². The molecule has 250 valence electrons. The third-order valence-corrected chi connectivity index (χ3v) is 8.86. The standard InChI is InChI=1S/C37H45N9O2/c1-24(2)32-23-41-46-35(32)43-36(39-21-25-11-14-29(47)15-12-25)44-37(46)40-22-27-8-5-6-9-30(27)34-31-16-13-28(20-26(31)17-18-38-34)42-33(48)10-7-19-45(3)4/h5-10,13,16-18,20,23-25,29,47H,11-12,14-15,19,21-22H2,1-4H3,(H,42,48)(H2,39,40,43,44)/b10-7+. The molecule has 1 saturated carbocycles. The highest BCUT2D eigenvalue weighted by Crippen LogP contribution is 2.32. The van der Waals surface area contributed by atoms with E-state index < -0.39 is 0 Å². The van der Waals surface area contributed by atoms with Gasteiger partial charge in [-0.2, -0.15) is 19.6 Å². The molecule has 0 saturated heterocycles. The highest BCUT2D eigenvalue weighted by Gasteiger charge is 2.21. The number of hydrogen-bond donors (Lipinski definition) is 4. The number of nitrogens with one attached hydrogen (secondary N) is 3. The molecule has 6 rings (SSSR count). The number of rotatable bonds is 12. The molecule has 48 heavy (non-hydrogen) atoms. The molecule has 0 bridgehead atoms. The van der Waals surface area contributed by atoms with Gasteiger partial charge in [0, 0.05) is 54.1 Å². The van der Waals surface area contributed by atoms with Crippen LogP contribution in [0.15, 0.2) is 73.1 Å². The van der Waals surface area contributed by atoms with Crippen molar-refractivity contribution < 1.29 is 9.90 Å². The Kier molecular flexibility index (Phi) is 10.3. The highest BCUT2D eigenvalue weighted by atomic mass is 16.3. The summed E-state index contributed by atoms with van der Waals surface area (Å²) in [4.78, 5) is 29.0. The second-order valence-corrected chi connectivity index (χ2v) is 13.2. The van der Waals surface area contributed by atoms with Crippen molar-refractivity contribution in [3.63, 3.8) is 0 Å². The van der Waals surface area contributed by atoms with Crippen molar-refractivity contribution in [2.24, 2.45) is 5.92 Å². The second kappa shape index (κ2) is 14.9. The SMILES string of the molecule is CC(C)c1cnn2c(NCc3ccccc3-c3nccc4cc(NC(=O)/C=C/CN(C)C)ccc34)nc(NCC3CCC(O)CC3)nc12. The molecule has 1 aliphatic rings. The Bertz CT molecular complexity index is 1910. The molecule has 0 aliphatic heterocycles. The van der Waals surface area contributed by atoms with Gasteiger partial charge >= 0.3 is 0 Å². The fourth-order valence-corrected chi connectivity index (χ4v) is 6.18. The van der Waals surface area contributed by atoms with Gasteiger partial charge in [-0.15, -0.1) is 0 Å². The minimum Gasteiger partial charge on any atom is -0.393 e. The van der Waals surface area contributed by atoms with Crippen LogP contribution in [0.2, 0.25) is 0 Å². The van der Waals surface area contributed by atoms with Gasteiger partial charge in [0.15, 0.2) is 5.65 Å². The summed E-state index contributed by atoms with van der Waals surface area (Å²) in [5.41, 5.74) is 5.49. The zero-order valence-corrected chi connectivity index (χ0v) is 28.1. The number of amides is 1. The monoisotopic (exact) mass is 647 g/mol. The van der Waals surface area contributed by atoms with E-state index in [0.29, 0.717) is 30.9 Å². The van der Waals surface area contributed by atoms with E-state index >= 15 is 0 Å². The summed E-state index contributed by atoms with van der Waals surface area (Å²) in [6, 6.07) is 16.1. The summed E-state index contributed by atoms with van der Waals surface area (Å²) in [5, 5.41) is 26.5. The van der Waals surface area contributed by atoms with Crippen LogP contribution in [0, 0.1) is 5.92 Å². The second-order valence-electron chi connectivity index (χ2n) is 13.2. The van der Waals surface area contributed by atoms with E-state index in [-0.39, 0.29) is 17.9 Å². The summed E-state index contributed by atoms with van der Waals surface area (Å²) in [5.74, 6) is 1.75. The molecule has 11 nitrogen and oxygen atoms in total. The number of carbonyl (C=O) groups excluding carboxylic acids is 1. The van der Waals surface area contributed by atoms with Gasteiger partial charge in [-0.05, 0) is 80.8 Å². The third-order valence-electron chi connectivity index (χ3n) is 8.86. The summed E-state index contributed by atoms with van der Waals surface area (Å²) < 4.78 is 1.78. The number of fused-ring (bicyclic) bond motifs is 2. The maximum Gasteiger partial charge on any atom is 0.248 e. The lowest BCUT2D eigenvalue weighted by molar-refractivity contribution is -0.111. The number of benzene rings is 2. The van der Waals surface area contributed by atoms with Gasteiger partial charge in [-0.1, -0.05) is 50.3 Å². The van der Waals surface area contributed by atoms with Crippen LogP contribution in [-0.2, 0) is 11.3 Å². The highest BCUT2D eigenvalue weighted by molar-refractivity contribution is 6.02. The lowest BCUT2D eigenvalue weighted by atomic mass is 9.87. The van der Waals surface area contributed by atoms with E-state index in [1.54, 1.807) is 16.8 Å². The van der Waals surface area contributed by atoms with E-state index in [0.717, 1.165) is 76.7 Å². The topological polar surface area (TPSA) is 133 Å². The zero-order valence-electron chi connectivity index (χ0n) is 28.1. The van der Waals surface area contributed by atoms with Crippen molar-refractivity contribution in [3.8, 4) is 11.3 Å². The van der Waals surface area contributed by atoms with Crippen molar-refractivity contribution in [1.29, 1.82) is 0 Å². The fraction of sp³-hybridized carbons (Fsp3) is 0.378. The van der Waals surface area contributed by atoms with Gasteiger partial charge in [-0.25, -0.2) is 0 Å². The number of pyridine rings is 1. The average molecular weight is 648 g/mol.